The quantitative estimate of drug-likeness (QED) is 0.534. The Kier molecular flexibility index (Phi) is 10.3. The molecule has 0 bridgehead atoms. The van der Waals surface area contributed by atoms with Crippen LogP contribution in [0.1, 0.15) is 45.6 Å². The van der Waals surface area contributed by atoms with E-state index < -0.39 is 0 Å². The van der Waals surface area contributed by atoms with E-state index in [1.807, 2.05) is 26.0 Å². The Balaban J connectivity index is 2.51. The molecule has 0 saturated heterocycles. The predicted octanol–water partition coefficient (Wildman–Crippen LogP) is 4.54. The molecule has 132 valence electrons. The molecule has 0 unspecified atom stereocenters. The maximum atomic E-state index is 5.95. The fraction of sp³-hybridized carbons (Fsp3) is 0.667. The lowest BCUT2D eigenvalue weighted by Gasteiger charge is -2.19. The van der Waals surface area contributed by atoms with Gasteiger partial charge in [-0.3, -0.25) is 0 Å². The normalized spacial score (nSPS) is 11.0. The van der Waals surface area contributed by atoms with Crippen LogP contribution in [0.25, 0.3) is 0 Å². The first-order valence-electron chi connectivity index (χ1n) is 8.40. The predicted molar refractivity (Wildman–Crippen MR) is 98.5 cm³/mol. The number of rotatable bonds is 12. The number of methoxy groups -OCH3 is 1. The minimum atomic E-state index is 0.101. The van der Waals surface area contributed by atoms with Gasteiger partial charge in [-0.2, -0.15) is 0 Å². The van der Waals surface area contributed by atoms with Gasteiger partial charge in [0, 0.05) is 29.8 Å². The monoisotopic (exact) mass is 387 g/mol. The summed E-state index contributed by atoms with van der Waals surface area (Å²) in [5.74, 6) is 1.57. The van der Waals surface area contributed by atoms with Crippen molar-refractivity contribution in [1.82, 2.24) is 5.32 Å². The molecule has 0 radical (unpaired) electrons. The Hall–Kier alpha value is -0.780. The molecule has 5 heteroatoms. The Morgan fingerprint density at radius 1 is 1.17 bits per heavy atom. The summed E-state index contributed by atoms with van der Waals surface area (Å²) in [4.78, 5) is 0. The first kappa shape index (κ1) is 20.3. The van der Waals surface area contributed by atoms with Crippen molar-refractivity contribution in [2.75, 3.05) is 26.9 Å². The second-order valence-electron chi connectivity index (χ2n) is 5.72. The smallest absolute Gasteiger partial charge is 0.167 e. The van der Waals surface area contributed by atoms with Crippen LogP contribution in [0.4, 0.5) is 0 Å². The SMILES string of the molecule is CCCCOCCCNCc1c(Br)ccc(OC)c1OC(C)C. The van der Waals surface area contributed by atoms with Gasteiger partial charge in [-0.1, -0.05) is 29.3 Å². The van der Waals surface area contributed by atoms with Crippen molar-refractivity contribution in [2.24, 2.45) is 0 Å². The van der Waals surface area contributed by atoms with Crippen LogP contribution in [-0.4, -0.2) is 33.0 Å². The molecule has 0 saturated carbocycles. The van der Waals surface area contributed by atoms with Crippen molar-refractivity contribution in [3.05, 3.63) is 22.2 Å². The number of nitrogens with one attached hydrogen (secondary N) is 1. The maximum absolute atomic E-state index is 5.95. The van der Waals surface area contributed by atoms with Gasteiger partial charge in [0.25, 0.3) is 0 Å². The molecule has 23 heavy (non-hydrogen) atoms. The van der Waals surface area contributed by atoms with E-state index in [4.69, 9.17) is 14.2 Å². The molecule has 0 heterocycles. The summed E-state index contributed by atoms with van der Waals surface area (Å²) in [5.41, 5.74) is 1.09. The van der Waals surface area contributed by atoms with Crippen molar-refractivity contribution in [2.45, 2.75) is 52.7 Å². The highest BCUT2D eigenvalue weighted by Gasteiger charge is 2.15. The summed E-state index contributed by atoms with van der Waals surface area (Å²) < 4.78 is 18.0. The van der Waals surface area contributed by atoms with Gasteiger partial charge in [-0.05, 0) is 45.4 Å². The molecule has 0 aliphatic rings. The van der Waals surface area contributed by atoms with E-state index in [1.165, 1.54) is 6.42 Å². The number of halogens is 1. The fourth-order valence-corrected chi connectivity index (χ4v) is 2.59. The number of hydrogen-bond donors (Lipinski definition) is 1. The summed E-state index contributed by atoms with van der Waals surface area (Å²) >= 11 is 3.61. The van der Waals surface area contributed by atoms with Crippen LogP contribution in [0.5, 0.6) is 11.5 Å². The summed E-state index contributed by atoms with van der Waals surface area (Å²) in [6.45, 7) is 9.53. The van der Waals surface area contributed by atoms with E-state index in [9.17, 15) is 0 Å². The minimum absolute atomic E-state index is 0.101. The second kappa shape index (κ2) is 11.7. The van der Waals surface area contributed by atoms with Gasteiger partial charge >= 0.3 is 0 Å². The summed E-state index contributed by atoms with van der Waals surface area (Å²) in [7, 11) is 1.67. The molecule has 0 spiro atoms. The highest BCUT2D eigenvalue weighted by molar-refractivity contribution is 9.10. The van der Waals surface area contributed by atoms with Gasteiger partial charge in [0.15, 0.2) is 11.5 Å². The lowest BCUT2D eigenvalue weighted by molar-refractivity contribution is 0.128. The third-order valence-electron chi connectivity index (χ3n) is 3.33. The minimum Gasteiger partial charge on any atom is -0.493 e. The summed E-state index contributed by atoms with van der Waals surface area (Å²) in [5, 5.41) is 3.45. The Morgan fingerprint density at radius 2 is 1.91 bits per heavy atom. The number of benzene rings is 1. The Bertz CT molecular complexity index is 452. The molecule has 0 fully saturated rings. The largest absolute Gasteiger partial charge is 0.493 e. The van der Waals surface area contributed by atoms with E-state index in [2.05, 4.69) is 28.2 Å². The summed E-state index contributed by atoms with van der Waals surface area (Å²) in [6.07, 6.45) is 3.43. The summed E-state index contributed by atoms with van der Waals surface area (Å²) in [6, 6.07) is 3.92. The average molecular weight is 388 g/mol. The molecule has 0 atom stereocenters. The van der Waals surface area contributed by atoms with Crippen molar-refractivity contribution in [3.63, 3.8) is 0 Å². The van der Waals surface area contributed by atoms with E-state index in [1.54, 1.807) is 7.11 Å². The van der Waals surface area contributed by atoms with Crippen LogP contribution >= 0.6 is 15.9 Å². The van der Waals surface area contributed by atoms with Crippen LogP contribution in [0.3, 0.4) is 0 Å². The average Bonchev–Trinajstić information content (AvgIpc) is 2.52. The molecule has 0 aliphatic heterocycles. The second-order valence-corrected chi connectivity index (χ2v) is 6.57. The first-order valence-corrected chi connectivity index (χ1v) is 9.19. The van der Waals surface area contributed by atoms with E-state index >= 15 is 0 Å². The van der Waals surface area contributed by atoms with Crippen LogP contribution in [0, 0.1) is 0 Å². The van der Waals surface area contributed by atoms with Gasteiger partial charge in [-0.15, -0.1) is 0 Å². The van der Waals surface area contributed by atoms with Gasteiger partial charge in [0.2, 0.25) is 0 Å². The van der Waals surface area contributed by atoms with E-state index in [0.717, 1.165) is 60.7 Å². The van der Waals surface area contributed by atoms with Crippen LogP contribution in [-0.2, 0) is 11.3 Å². The van der Waals surface area contributed by atoms with Crippen LogP contribution in [0.2, 0.25) is 0 Å². The molecule has 1 aromatic rings. The molecule has 1 aromatic carbocycles. The first-order chi connectivity index (χ1) is 11.1. The van der Waals surface area contributed by atoms with E-state index in [-0.39, 0.29) is 6.10 Å². The fourth-order valence-electron chi connectivity index (χ4n) is 2.13. The highest BCUT2D eigenvalue weighted by atomic mass is 79.9. The van der Waals surface area contributed by atoms with Gasteiger partial charge in [-0.25, -0.2) is 0 Å². The van der Waals surface area contributed by atoms with Crippen molar-refractivity contribution in [1.29, 1.82) is 0 Å². The third-order valence-corrected chi connectivity index (χ3v) is 4.07. The van der Waals surface area contributed by atoms with Crippen molar-refractivity contribution < 1.29 is 14.2 Å². The lowest BCUT2D eigenvalue weighted by Crippen LogP contribution is -2.18. The van der Waals surface area contributed by atoms with Crippen LogP contribution in [0.15, 0.2) is 16.6 Å². The van der Waals surface area contributed by atoms with E-state index in [0.29, 0.717) is 0 Å². The molecule has 0 aromatic heterocycles. The topological polar surface area (TPSA) is 39.7 Å². The number of unbranched alkanes of at least 4 members (excludes halogenated alkanes) is 1. The number of hydrogen-bond acceptors (Lipinski definition) is 4. The number of ether oxygens (including phenoxy) is 3. The molecular formula is C18H30BrNO3. The Morgan fingerprint density at radius 3 is 2.57 bits per heavy atom. The Labute approximate surface area is 149 Å². The van der Waals surface area contributed by atoms with Gasteiger partial charge in [0.1, 0.15) is 0 Å². The van der Waals surface area contributed by atoms with Gasteiger partial charge < -0.3 is 19.5 Å². The van der Waals surface area contributed by atoms with Crippen LogP contribution < -0.4 is 14.8 Å². The standard InChI is InChI=1S/C18H30BrNO3/c1-5-6-11-22-12-7-10-20-13-15-16(19)8-9-17(21-4)18(15)23-14(2)3/h8-9,14,20H,5-7,10-13H2,1-4H3. The third kappa shape index (κ3) is 7.55. The van der Waals surface area contributed by atoms with Crippen molar-refractivity contribution in [3.8, 4) is 11.5 Å². The molecular weight excluding hydrogens is 358 g/mol. The maximum Gasteiger partial charge on any atom is 0.167 e. The lowest BCUT2D eigenvalue weighted by atomic mass is 10.1. The van der Waals surface area contributed by atoms with Crippen molar-refractivity contribution >= 4 is 15.9 Å². The zero-order chi connectivity index (χ0) is 17.1. The molecule has 0 aliphatic carbocycles. The molecule has 0 amide bonds. The molecule has 1 N–H and O–H groups in total. The zero-order valence-electron chi connectivity index (χ0n) is 14.8. The zero-order valence-corrected chi connectivity index (χ0v) is 16.4. The molecule has 4 nitrogen and oxygen atoms in total. The highest BCUT2D eigenvalue weighted by Crippen LogP contribution is 2.36. The molecule has 1 rings (SSSR count). The van der Waals surface area contributed by atoms with Gasteiger partial charge in [0.05, 0.1) is 13.2 Å².